The Bertz CT molecular complexity index is 537. The number of rotatable bonds is 6. The topological polar surface area (TPSA) is 47.6 Å². The average Bonchev–Trinajstić information content (AvgIpc) is 3.11. The van der Waals surface area contributed by atoms with Crippen molar-refractivity contribution in [1.82, 2.24) is 5.32 Å². The van der Waals surface area contributed by atoms with Crippen LogP contribution in [-0.2, 0) is 16.0 Å². The third kappa shape index (κ3) is 4.25. The maximum atomic E-state index is 12.1. The standard InChI is InChI=1S/C19H27NO3/c1-22-17-6-7-18-15(11-17)3-2-4-16(18)12-20-19(21)8-5-14-9-10-23-13-14/h6-7,11,14,16H,2-5,8-10,12-13H2,1H3,(H,20,21)/t14-,16-/m0/s1. The van der Waals surface area contributed by atoms with Gasteiger partial charge in [0.15, 0.2) is 0 Å². The smallest absolute Gasteiger partial charge is 0.220 e. The quantitative estimate of drug-likeness (QED) is 0.877. The minimum absolute atomic E-state index is 0.178. The van der Waals surface area contributed by atoms with Crippen LogP contribution in [0, 0.1) is 5.92 Å². The molecule has 0 bridgehead atoms. The van der Waals surface area contributed by atoms with Gasteiger partial charge in [0, 0.05) is 32.1 Å². The lowest BCUT2D eigenvalue weighted by Crippen LogP contribution is -2.30. The zero-order valence-corrected chi connectivity index (χ0v) is 14.0. The Hall–Kier alpha value is -1.55. The molecule has 1 aromatic carbocycles. The summed E-state index contributed by atoms with van der Waals surface area (Å²) in [6.07, 6.45) is 6.11. The number of hydrogen-bond donors (Lipinski definition) is 1. The highest BCUT2D eigenvalue weighted by Crippen LogP contribution is 2.33. The van der Waals surface area contributed by atoms with E-state index in [1.165, 1.54) is 17.5 Å². The average molecular weight is 317 g/mol. The molecule has 3 rings (SSSR count). The predicted octanol–water partition coefficient (Wildman–Crippen LogP) is 3.05. The third-order valence-corrected chi connectivity index (χ3v) is 5.14. The molecule has 1 aliphatic carbocycles. The summed E-state index contributed by atoms with van der Waals surface area (Å²) in [7, 11) is 1.71. The van der Waals surface area contributed by atoms with Gasteiger partial charge in [0.2, 0.25) is 5.91 Å². The van der Waals surface area contributed by atoms with Gasteiger partial charge in [0.05, 0.1) is 7.11 Å². The molecule has 2 atom stereocenters. The van der Waals surface area contributed by atoms with Crippen LogP contribution in [0.2, 0.25) is 0 Å². The molecule has 1 aliphatic heterocycles. The number of ether oxygens (including phenoxy) is 2. The first-order chi connectivity index (χ1) is 11.3. The van der Waals surface area contributed by atoms with E-state index in [2.05, 4.69) is 17.4 Å². The van der Waals surface area contributed by atoms with Crippen molar-refractivity contribution in [1.29, 1.82) is 0 Å². The number of carbonyl (C=O) groups excluding carboxylic acids is 1. The Morgan fingerprint density at radius 3 is 3.09 bits per heavy atom. The van der Waals surface area contributed by atoms with E-state index in [1.54, 1.807) is 7.11 Å². The fourth-order valence-corrected chi connectivity index (χ4v) is 3.70. The first kappa shape index (κ1) is 16.3. The molecule has 0 spiro atoms. The molecule has 1 heterocycles. The molecule has 1 fully saturated rings. The summed E-state index contributed by atoms with van der Waals surface area (Å²) in [5, 5.41) is 3.13. The lowest BCUT2D eigenvalue weighted by Gasteiger charge is -2.26. The second-order valence-electron chi connectivity index (χ2n) is 6.73. The Morgan fingerprint density at radius 2 is 2.30 bits per heavy atom. The van der Waals surface area contributed by atoms with Gasteiger partial charge in [-0.2, -0.15) is 0 Å². The molecule has 2 aliphatic rings. The van der Waals surface area contributed by atoms with Crippen LogP contribution in [-0.4, -0.2) is 32.8 Å². The van der Waals surface area contributed by atoms with Crippen molar-refractivity contribution in [2.24, 2.45) is 5.92 Å². The van der Waals surface area contributed by atoms with Gasteiger partial charge in [0.25, 0.3) is 0 Å². The van der Waals surface area contributed by atoms with Crippen molar-refractivity contribution in [2.75, 3.05) is 26.9 Å². The Morgan fingerprint density at radius 1 is 1.39 bits per heavy atom. The first-order valence-electron chi connectivity index (χ1n) is 8.77. The van der Waals surface area contributed by atoms with Crippen LogP contribution in [0.1, 0.15) is 49.1 Å². The molecule has 1 amide bonds. The highest BCUT2D eigenvalue weighted by molar-refractivity contribution is 5.75. The van der Waals surface area contributed by atoms with Gasteiger partial charge in [-0.05, 0) is 61.3 Å². The number of fused-ring (bicyclic) bond motifs is 1. The summed E-state index contributed by atoms with van der Waals surface area (Å²) in [6.45, 7) is 2.43. The number of nitrogens with one attached hydrogen (secondary N) is 1. The van der Waals surface area contributed by atoms with E-state index in [1.807, 2.05) is 6.07 Å². The van der Waals surface area contributed by atoms with Crippen molar-refractivity contribution in [3.05, 3.63) is 29.3 Å². The highest BCUT2D eigenvalue weighted by atomic mass is 16.5. The molecule has 0 aromatic heterocycles. The van der Waals surface area contributed by atoms with Crippen molar-refractivity contribution >= 4 is 5.91 Å². The van der Waals surface area contributed by atoms with Crippen LogP contribution in [0.4, 0.5) is 0 Å². The van der Waals surface area contributed by atoms with E-state index < -0.39 is 0 Å². The van der Waals surface area contributed by atoms with Gasteiger partial charge in [0.1, 0.15) is 5.75 Å². The summed E-state index contributed by atoms with van der Waals surface area (Å²) in [4.78, 5) is 12.1. The van der Waals surface area contributed by atoms with Crippen molar-refractivity contribution in [3.63, 3.8) is 0 Å². The monoisotopic (exact) mass is 317 g/mol. The normalized spacial score (nSPS) is 23.3. The molecule has 1 N–H and O–H groups in total. The van der Waals surface area contributed by atoms with Crippen molar-refractivity contribution < 1.29 is 14.3 Å². The zero-order chi connectivity index (χ0) is 16.1. The molecule has 1 aromatic rings. The lowest BCUT2D eigenvalue weighted by molar-refractivity contribution is -0.121. The third-order valence-electron chi connectivity index (χ3n) is 5.14. The van der Waals surface area contributed by atoms with Crippen LogP contribution >= 0.6 is 0 Å². The van der Waals surface area contributed by atoms with Crippen LogP contribution in [0.3, 0.4) is 0 Å². The minimum atomic E-state index is 0.178. The Balaban J connectivity index is 1.50. The van der Waals surface area contributed by atoms with Gasteiger partial charge < -0.3 is 14.8 Å². The number of aryl methyl sites for hydroxylation is 1. The molecule has 4 heteroatoms. The van der Waals surface area contributed by atoms with E-state index >= 15 is 0 Å². The van der Waals surface area contributed by atoms with Crippen LogP contribution in [0.25, 0.3) is 0 Å². The number of hydrogen-bond acceptors (Lipinski definition) is 3. The van der Waals surface area contributed by atoms with Crippen molar-refractivity contribution in [3.8, 4) is 5.75 Å². The maximum Gasteiger partial charge on any atom is 0.220 e. The lowest BCUT2D eigenvalue weighted by atomic mass is 9.82. The van der Waals surface area contributed by atoms with Gasteiger partial charge >= 0.3 is 0 Å². The van der Waals surface area contributed by atoms with E-state index in [-0.39, 0.29) is 5.91 Å². The summed E-state index contributed by atoms with van der Waals surface area (Å²) >= 11 is 0. The number of methoxy groups -OCH3 is 1. The number of amides is 1. The van der Waals surface area contributed by atoms with Crippen LogP contribution in [0.5, 0.6) is 5.75 Å². The van der Waals surface area contributed by atoms with Gasteiger partial charge in [-0.25, -0.2) is 0 Å². The second kappa shape index (κ2) is 7.82. The Labute approximate surface area is 138 Å². The summed E-state index contributed by atoms with van der Waals surface area (Å²) in [6, 6.07) is 6.34. The van der Waals surface area contributed by atoms with E-state index in [9.17, 15) is 4.79 Å². The maximum absolute atomic E-state index is 12.1. The van der Waals surface area contributed by atoms with Gasteiger partial charge in [-0.1, -0.05) is 6.07 Å². The van der Waals surface area contributed by atoms with E-state index in [0.29, 0.717) is 18.3 Å². The number of carbonyl (C=O) groups is 1. The molecule has 1 saturated heterocycles. The molecule has 0 radical (unpaired) electrons. The molecule has 23 heavy (non-hydrogen) atoms. The molecule has 4 nitrogen and oxygen atoms in total. The number of benzene rings is 1. The highest BCUT2D eigenvalue weighted by Gasteiger charge is 2.22. The molecule has 0 unspecified atom stereocenters. The molecule has 126 valence electrons. The second-order valence-corrected chi connectivity index (χ2v) is 6.73. The fourth-order valence-electron chi connectivity index (χ4n) is 3.70. The Kier molecular flexibility index (Phi) is 5.55. The van der Waals surface area contributed by atoms with Crippen LogP contribution in [0.15, 0.2) is 18.2 Å². The van der Waals surface area contributed by atoms with Crippen molar-refractivity contribution in [2.45, 2.75) is 44.4 Å². The summed E-state index contributed by atoms with van der Waals surface area (Å²) in [5.74, 6) is 2.11. The SMILES string of the molecule is COc1ccc2c(c1)CCC[C@H]2CNC(=O)CC[C@H]1CCOC1. The molecular weight excluding hydrogens is 290 g/mol. The molecule has 0 saturated carbocycles. The first-order valence-corrected chi connectivity index (χ1v) is 8.77. The van der Waals surface area contributed by atoms with E-state index in [4.69, 9.17) is 9.47 Å². The molecular formula is C19H27NO3. The summed E-state index contributed by atoms with van der Waals surface area (Å²) < 4.78 is 10.7. The fraction of sp³-hybridized carbons (Fsp3) is 0.632. The summed E-state index contributed by atoms with van der Waals surface area (Å²) in [5.41, 5.74) is 2.75. The van der Waals surface area contributed by atoms with Crippen LogP contribution < -0.4 is 10.1 Å². The minimum Gasteiger partial charge on any atom is -0.497 e. The predicted molar refractivity (Wildman–Crippen MR) is 89.8 cm³/mol. The largest absolute Gasteiger partial charge is 0.497 e. The van der Waals surface area contributed by atoms with E-state index in [0.717, 1.165) is 51.2 Å². The zero-order valence-electron chi connectivity index (χ0n) is 14.0. The van der Waals surface area contributed by atoms with Gasteiger partial charge in [-0.15, -0.1) is 0 Å². The van der Waals surface area contributed by atoms with Gasteiger partial charge in [-0.3, -0.25) is 4.79 Å².